The van der Waals surface area contributed by atoms with Crippen molar-refractivity contribution in [2.24, 2.45) is 4.99 Å². The lowest BCUT2D eigenvalue weighted by Gasteiger charge is -2.06. The van der Waals surface area contributed by atoms with Gasteiger partial charge in [0.1, 0.15) is 28.8 Å². The van der Waals surface area contributed by atoms with Crippen LogP contribution in [0.5, 0.6) is 11.5 Å². The van der Waals surface area contributed by atoms with Crippen LogP contribution in [-0.2, 0) is 4.79 Å². The van der Waals surface area contributed by atoms with Crippen molar-refractivity contribution in [3.05, 3.63) is 126 Å². The van der Waals surface area contributed by atoms with Gasteiger partial charge in [-0.25, -0.2) is 9.38 Å². The Labute approximate surface area is 190 Å². The molecule has 160 valence electrons. The molecule has 1 heterocycles. The van der Waals surface area contributed by atoms with Gasteiger partial charge in [0.25, 0.3) is 5.91 Å². The number of nitrogens with zero attached hydrogens (tertiary/aromatic N) is 1. The number of ether oxygens (including phenoxy) is 1. The molecule has 4 nitrogen and oxygen atoms in total. The molecule has 0 aromatic heterocycles. The Hall–Kier alpha value is -4.51. The minimum Gasteiger partial charge on any atom is -0.457 e. The number of rotatable bonds is 5. The fourth-order valence-corrected chi connectivity index (χ4v) is 3.54. The van der Waals surface area contributed by atoms with Gasteiger partial charge in [-0.15, -0.1) is 0 Å². The van der Waals surface area contributed by atoms with Crippen LogP contribution in [0.4, 0.5) is 4.39 Å². The van der Waals surface area contributed by atoms with Crippen molar-refractivity contribution < 1.29 is 13.9 Å². The molecule has 0 spiro atoms. The number of amidine groups is 1. The maximum atomic E-state index is 13.5. The zero-order valence-electron chi connectivity index (χ0n) is 17.5. The maximum Gasteiger partial charge on any atom is 0.275 e. The Bertz CT molecular complexity index is 1380. The third-order valence-corrected chi connectivity index (χ3v) is 5.15. The van der Waals surface area contributed by atoms with Gasteiger partial charge in [0, 0.05) is 5.56 Å². The van der Waals surface area contributed by atoms with E-state index in [2.05, 4.69) is 10.3 Å². The summed E-state index contributed by atoms with van der Waals surface area (Å²) in [6, 6.07) is 30.9. The number of nitrogens with one attached hydrogen (secondary N) is 1. The summed E-state index contributed by atoms with van der Waals surface area (Å²) < 4.78 is 19.4. The minimum atomic E-state index is -0.281. The molecular weight excluding hydrogens is 415 g/mol. The summed E-state index contributed by atoms with van der Waals surface area (Å²) >= 11 is 0. The maximum absolute atomic E-state index is 13.5. The number of hydrogen-bond donors (Lipinski definition) is 1. The van der Waals surface area contributed by atoms with Crippen molar-refractivity contribution in [1.29, 1.82) is 0 Å². The summed E-state index contributed by atoms with van der Waals surface area (Å²) in [5.41, 5.74) is 3.57. The van der Waals surface area contributed by atoms with E-state index in [0.29, 0.717) is 17.3 Å². The Kier molecular flexibility index (Phi) is 5.52. The molecule has 1 amide bonds. The van der Waals surface area contributed by atoms with Gasteiger partial charge >= 0.3 is 0 Å². The van der Waals surface area contributed by atoms with E-state index in [9.17, 15) is 9.18 Å². The molecule has 0 saturated carbocycles. The van der Waals surface area contributed by atoms with Gasteiger partial charge < -0.3 is 10.1 Å². The first-order valence-corrected chi connectivity index (χ1v) is 10.5. The van der Waals surface area contributed by atoms with Crippen molar-refractivity contribution in [3.8, 4) is 22.6 Å². The smallest absolute Gasteiger partial charge is 0.275 e. The summed E-state index contributed by atoms with van der Waals surface area (Å²) in [7, 11) is 0. The highest BCUT2D eigenvalue weighted by Gasteiger charge is 2.21. The normalized spacial score (nSPS) is 14.2. The highest BCUT2D eigenvalue weighted by Crippen LogP contribution is 2.25. The van der Waals surface area contributed by atoms with Crippen molar-refractivity contribution in [1.82, 2.24) is 5.32 Å². The van der Waals surface area contributed by atoms with E-state index in [1.807, 2.05) is 84.9 Å². The Balaban J connectivity index is 1.36. The first kappa shape index (κ1) is 20.4. The van der Waals surface area contributed by atoms with E-state index in [1.54, 1.807) is 12.1 Å². The highest BCUT2D eigenvalue weighted by molar-refractivity contribution is 6.19. The van der Waals surface area contributed by atoms with Crippen LogP contribution < -0.4 is 10.1 Å². The van der Waals surface area contributed by atoms with E-state index in [-0.39, 0.29) is 11.7 Å². The predicted octanol–water partition coefficient (Wildman–Crippen LogP) is 6.20. The van der Waals surface area contributed by atoms with E-state index in [0.717, 1.165) is 28.0 Å². The standard InChI is InChI=1S/C28H19FN2O2/c29-23-8-5-7-22(18-23)20-12-14-21(15-13-20)27-30-26(28(32)31-27)17-19-6-4-11-25(16-19)33-24-9-2-1-3-10-24/h1-18H,(H,30,31,32)/b26-17-. The SMILES string of the molecule is O=C1NC(c2ccc(-c3cccc(F)c3)cc2)=N/C1=C\c1cccc(Oc2ccccc2)c1. The molecule has 4 aromatic rings. The van der Waals surface area contributed by atoms with E-state index in [4.69, 9.17) is 4.74 Å². The van der Waals surface area contributed by atoms with E-state index >= 15 is 0 Å². The van der Waals surface area contributed by atoms with Crippen molar-refractivity contribution in [2.75, 3.05) is 0 Å². The zero-order chi connectivity index (χ0) is 22.6. The largest absolute Gasteiger partial charge is 0.457 e. The Morgan fingerprint density at radius 1 is 0.727 bits per heavy atom. The van der Waals surface area contributed by atoms with Gasteiger partial charge in [-0.1, -0.05) is 66.7 Å². The van der Waals surface area contributed by atoms with Gasteiger partial charge in [-0.05, 0) is 59.2 Å². The summed E-state index contributed by atoms with van der Waals surface area (Å²) in [5, 5.41) is 2.81. The number of carbonyl (C=O) groups is 1. The molecule has 0 saturated heterocycles. The molecule has 1 aliphatic rings. The molecule has 0 aliphatic carbocycles. The second kappa shape index (κ2) is 8.93. The third kappa shape index (κ3) is 4.72. The molecule has 0 radical (unpaired) electrons. The summed E-state index contributed by atoms with van der Waals surface area (Å²) in [6.45, 7) is 0. The number of amides is 1. The monoisotopic (exact) mass is 434 g/mol. The Morgan fingerprint density at radius 2 is 1.45 bits per heavy atom. The van der Waals surface area contributed by atoms with Crippen LogP contribution in [0, 0.1) is 5.82 Å². The molecular formula is C28H19FN2O2. The number of aliphatic imine (C=N–C) groups is 1. The Morgan fingerprint density at radius 3 is 2.24 bits per heavy atom. The quantitative estimate of drug-likeness (QED) is 0.380. The second-order valence-corrected chi connectivity index (χ2v) is 7.52. The number of halogens is 1. The van der Waals surface area contributed by atoms with Gasteiger partial charge in [0.2, 0.25) is 0 Å². The van der Waals surface area contributed by atoms with Crippen LogP contribution >= 0.6 is 0 Å². The molecule has 1 aliphatic heterocycles. The van der Waals surface area contributed by atoms with Crippen LogP contribution in [0.25, 0.3) is 17.2 Å². The van der Waals surface area contributed by atoms with Crippen molar-refractivity contribution in [3.63, 3.8) is 0 Å². The van der Waals surface area contributed by atoms with Gasteiger partial charge in [-0.3, -0.25) is 4.79 Å². The van der Waals surface area contributed by atoms with Crippen LogP contribution in [-0.4, -0.2) is 11.7 Å². The lowest BCUT2D eigenvalue weighted by Crippen LogP contribution is -2.24. The van der Waals surface area contributed by atoms with Crippen LogP contribution in [0.1, 0.15) is 11.1 Å². The topological polar surface area (TPSA) is 50.7 Å². The minimum absolute atomic E-state index is 0.270. The van der Waals surface area contributed by atoms with Gasteiger partial charge in [-0.2, -0.15) is 0 Å². The lowest BCUT2D eigenvalue weighted by atomic mass is 10.0. The molecule has 0 fully saturated rings. The summed E-state index contributed by atoms with van der Waals surface area (Å²) in [5.74, 6) is 1.34. The number of hydrogen-bond acceptors (Lipinski definition) is 3. The molecule has 33 heavy (non-hydrogen) atoms. The fraction of sp³-hybridized carbons (Fsp3) is 0. The average Bonchev–Trinajstić information content (AvgIpc) is 3.20. The lowest BCUT2D eigenvalue weighted by molar-refractivity contribution is -0.115. The molecule has 5 heteroatoms. The molecule has 4 aromatic carbocycles. The number of para-hydroxylation sites is 1. The van der Waals surface area contributed by atoms with Gasteiger partial charge in [0.05, 0.1) is 0 Å². The molecule has 0 unspecified atom stereocenters. The molecule has 0 atom stereocenters. The van der Waals surface area contributed by atoms with Crippen LogP contribution in [0.2, 0.25) is 0 Å². The zero-order valence-corrected chi connectivity index (χ0v) is 17.5. The summed E-state index contributed by atoms with van der Waals surface area (Å²) in [4.78, 5) is 17.0. The molecule has 5 rings (SSSR count). The van der Waals surface area contributed by atoms with E-state index < -0.39 is 0 Å². The van der Waals surface area contributed by atoms with E-state index in [1.165, 1.54) is 12.1 Å². The average molecular weight is 434 g/mol. The van der Waals surface area contributed by atoms with Crippen molar-refractivity contribution >= 4 is 17.8 Å². The van der Waals surface area contributed by atoms with Crippen molar-refractivity contribution in [2.45, 2.75) is 0 Å². The predicted molar refractivity (Wildman–Crippen MR) is 127 cm³/mol. The summed E-state index contributed by atoms with van der Waals surface area (Å²) in [6.07, 6.45) is 1.72. The molecule has 0 bridgehead atoms. The highest BCUT2D eigenvalue weighted by atomic mass is 19.1. The third-order valence-electron chi connectivity index (χ3n) is 5.15. The first-order valence-electron chi connectivity index (χ1n) is 10.5. The van der Waals surface area contributed by atoms with Crippen LogP contribution in [0.15, 0.2) is 114 Å². The number of carbonyl (C=O) groups excluding carboxylic acids is 1. The fourth-order valence-electron chi connectivity index (χ4n) is 3.54. The number of benzene rings is 4. The second-order valence-electron chi connectivity index (χ2n) is 7.52. The van der Waals surface area contributed by atoms with Gasteiger partial charge in [0.15, 0.2) is 0 Å². The van der Waals surface area contributed by atoms with Crippen LogP contribution in [0.3, 0.4) is 0 Å². The first-order chi connectivity index (χ1) is 16.1. The molecule has 1 N–H and O–H groups in total.